The second-order valence-corrected chi connectivity index (χ2v) is 6.65. The molecule has 22 heavy (non-hydrogen) atoms. The van der Waals surface area contributed by atoms with E-state index in [9.17, 15) is 9.90 Å². The summed E-state index contributed by atoms with van der Waals surface area (Å²) in [5, 5.41) is 10.2. The second-order valence-electron chi connectivity index (χ2n) is 6.65. The van der Waals surface area contributed by atoms with E-state index < -0.39 is 6.10 Å². The number of rotatable bonds is 5. The van der Waals surface area contributed by atoms with Crippen LogP contribution >= 0.6 is 0 Å². The van der Waals surface area contributed by atoms with Gasteiger partial charge < -0.3 is 14.7 Å². The monoisotopic (exact) mass is 303 g/mol. The summed E-state index contributed by atoms with van der Waals surface area (Å²) in [6, 6.07) is 5.62. The number of β-amino-alcohol motifs (C(OH)–C–C–N with tert-alkyl or cyclic N) is 1. The Labute approximate surface area is 132 Å². The molecule has 0 aromatic heterocycles. The summed E-state index contributed by atoms with van der Waals surface area (Å²) < 4.78 is 5.79. The van der Waals surface area contributed by atoms with E-state index in [1.165, 1.54) is 12.8 Å². The van der Waals surface area contributed by atoms with Crippen LogP contribution in [0.5, 0.6) is 5.75 Å². The molecule has 1 saturated heterocycles. The molecule has 3 rings (SSSR count). The molecule has 0 amide bonds. The van der Waals surface area contributed by atoms with Crippen LogP contribution in [0.3, 0.4) is 0 Å². The van der Waals surface area contributed by atoms with Crippen LogP contribution in [0.15, 0.2) is 18.2 Å². The lowest BCUT2D eigenvalue weighted by atomic mass is 9.99. The zero-order chi connectivity index (χ0) is 15.5. The van der Waals surface area contributed by atoms with Gasteiger partial charge in [-0.25, -0.2) is 0 Å². The average molecular weight is 303 g/mol. The Morgan fingerprint density at radius 2 is 2.09 bits per heavy atom. The molecule has 0 spiro atoms. The Kier molecular flexibility index (Phi) is 4.79. The first-order valence-corrected chi connectivity index (χ1v) is 8.32. The molecule has 1 aromatic carbocycles. The van der Waals surface area contributed by atoms with E-state index in [1.54, 1.807) is 0 Å². The average Bonchev–Trinajstić information content (AvgIpc) is 2.90. The molecule has 1 fully saturated rings. The van der Waals surface area contributed by atoms with Crippen LogP contribution in [0.25, 0.3) is 0 Å². The molecule has 1 unspecified atom stereocenters. The molecule has 0 saturated carbocycles. The molecule has 1 aromatic rings. The lowest BCUT2D eigenvalue weighted by Gasteiger charge is -2.31. The number of hydrogen-bond donors (Lipinski definition) is 1. The highest BCUT2D eigenvalue weighted by molar-refractivity contribution is 6.01. The van der Waals surface area contributed by atoms with Crippen LogP contribution in [-0.2, 0) is 6.42 Å². The van der Waals surface area contributed by atoms with Crippen molar-refractivity contribution < 1.29 is 14.6 Å². The zero-order valence-corrected chi connectivity index (χ0v) is 13.3. The number of ether oxygens (including phenoxy) is 1. The number of benzene rings is 1. The van der Waals surface area contributed by atoms with Crippen molar-refractivity contribution in [3.05, 3.63) is 29.3 Å². The van der Waals surface area contributed by atoms with E-state index in [-0.39, 0.29) is 12.4 Å². The van der Waals surface area contributed by atoms with Crippen molar-refractivity contribution in [1.82, 2.24) is 4.90 Å². The van der Waals surface area contributed by atoms with Gasteiger partial charge in [0.15, 0.2) is 5.78 Å². The molecule has 4 nitrogen and oxygen atoms in total. The van der Waals surface area contributed by atoms with Gasteiger partial charge in [-0.05, 0) is 44.3 Å². The van der Waals surface area contributed by atoms with Gasteiger partial charge >= 0.3 is 0 Å². The highest BCUT2D eigenvalue weighted by Crippen LogP contribution is 2.30. The van der Waals surface area contributed by atoms with Crippen LogP contribution in [0.1, 0.15) is 42.1 Å². The summed E-state index contributed by atoms with van der Waals surface area (Å²) in [7, 11) is 0. The fraction of sp³-hybridized carbons (Fsp3) is 0.611. The standard InChI is InChI=1S/C18H25NO3/c1-13-7-9-19(10-8-13)11-14(20)12-22-18-4-2-3-15-16(18)5-6-17(15)21/h2-4,13-14,20H,5-12H2,1H3. The van der Waals surface area contributed by atoms with Crippen molar-refractivity contribution in [3.8, 4) is 5.75 Å². The summed E-state index contributed by atoms with van der Waals surface area (Å²) in [6.45, 7) is 5.37. The van der Waals surface area contributed by atoms with Gasteiger partial charge in [0.05, 0.1) is 0 Å². The summed E-state index contributed by atoms with van der Waals surface area (Å²) in [5.74, 6) is 1.76. The minimum Gasteiger partial charge on any atom is -0.491 e. The Balaban J connectivity index is 1.51. The lowest BCUT2D eigenvalue weighted by molar-refractivity contribution is 0.0560. The number of ketones is 1. The van der Waals surface area contributed by atoms with E-state index in [1.807, 2.05) is 18.2 Å². The normalized spacial score (nSPS) is 20.9. The maximum atomic E-state index is 11.7. The Bertz CT molecular complexity index is 535. The minimum atomic E-state index is -0.485. The topological polar surface area (TPSA) is 49.8 Å². The van der Waals surface area contributed by atoms with Gasteiger partial charge in [0.1, 0.15) is 18.5 Å². The number of Topliss-reactive ketones (excluding diaryl/α,β-unsaturated/α-hetero) is 1. The third kappa shape index (κ3) is 3.50. The molecule has 1 atom stereocenters. The summed E-state index contributed by atoms with van der Waals surface area (Å²) in [5.41, 5.74) is 1.79. The van der Waals surface area contributed by atoms with Crippen LogP contribution in [0.4, 0.5) is 0 Å². The van der Waals surface area contributed by atoms with Crippen LogP contribution in [0.2, 0.25) is 0 Å². The number of aliphatic hydroxyl groups is 1. The third-order valence-corrected chi connectivity index (χ3v) is 4.81. The highest BCUT2D eigenvalue weighted by Gasteiger charge is 2.23. The quantitative estimate of drug-likeness (QED) is 0.907. The predicted molar refractivity (Wildman–Crippen MR) is 85.4 cm³/mol. The Morgan fingerprint density at radius 3 is 2.86 bits per heavy atom. The number of piperidine rings is 1. The van der Waals surface area contributed by atoms with Crippen molar-refractivity contribution in [2.45, 2.75) is 38.7 Å². The number of nitrogens with zero attached hydrogens (tertiary/aromatic N) is 1. The summed E-state index contributed by atoms with van der Waals surface area (Å²) in [4.78, 5) is 14.0. The number of fused-ring (bicyclic) bond motifs is 1. The largest absolute Gasteiger partial charge is 0.491 e. The molecular formula is C18H25NO3. The molecule has 0 radical (unpaired) electrons. The van der Waals surface area contributed by atoms with Gasteiger partial charge in [-0.2, -0.15) is 0 Å². The summed E-state index contributed by atoms with van der Waals surface area (Å²) >= 11 is 0. The van der Waals surface area contributed by atoms with Crippen LogP contribution < -0.4 is 4.74 Å². The first kappa shape index (κ1) is 15.5. The Morgan fingerprint density at radius 1 is 1.32 bits per heavy atom. The SMILES string of the molecule is CC1CCN(CC(O)COc2cccc3c2CCC3=O)CC1. The first-order valence-electron chi connectivity index (χ1n) is 8.32. The van der Waals surface area contributed by atoms with Crippen molar-refractivity contribution in [2.24, 2.45) is 5.92 Å². The van der Waals surface area contributed by atoms with Gasteiger partial charge in [-0.1, -0.05) is 19.1 Å². The van der Waals surface area contributed by atoms with E-state index in [0.29, 0.717) is 13.0 Å². The van der Waals surface area contributed by atoms with Crippen LogP contribution in [-0.4, -0.2) is 48.1 Å². The van der Waals surface area contributed by atoms with E-state index >= 15 is 0 Å². The minimum absolute atomic E-state index is 0.198. The van der Waals surface area contributed by atoms with Crippen molar-refractivity contribution >= 4 is 5.78 Å². The number of likely N-dealkylation sites (tertiary alicyclic amines) is 1. The molecule has 2 aliphatic rings. The van der Waals surface area contributed by atoms with E-state index in [0.717, 1.165) is 42.3 Å². The molecule has 1 heterocycles. The predicted octanol–water partition coefficient (Wildman–Crippen LogP) is 2.29. The molecule has 120 valence electrons. The molecule has 1 N–H and O–H groups in total. The maximum absolute atomic E-state index is 11.7. The van der Waals surface area contributed by atoms with Crippen molar-refractivity contribution in [2.75, 3.05) is 26.2 Å². The van der Waals surface area contributed by atoms with Crippen LogP contribution in [0, 0.1) is 5.92 Å². The van der Waals surface area contributed by atoms with Gasteiger partial charge in [0, 0.05) is 24.1 Å². The van der Waals surface area contributed by atoms with Gasteiger partial charge in [-0.15, -0.1) is 0 Å². The number of hydrogen-bond acceptors (Lipinski definition) is 4. The molecule has 0 bridgehead atoms. The Hall–Kier alpha value is -1.39. The molecular weight excluding hydrogens is 278 g/mol. The highest BCUT2D eigenvalue weighted by atomic mass is 16.5. The van der Waals surface area contributed by atoms with E-state index in [4.69, 9.17) is 4.74 Å². The first-order chi connectivity index (χ1) is 10.6. The van der Waals surface area contributed by atoms with Gasteiger partial charge in [0.2, 0.25) is 0 Å². The van der Waals surface area contributed by atoms with Crippen molar-refractivity contribution in [1.29, 1.82) is 0 Å². The fourth-order valence-corrected chi connectivity index (χ4v) is 3.37. The molecule has 4 heteroatoms. The maximum Gasteiger partial charge on any atom is 0.163 e. The summed E-state index contributed by atoms with van der Waals surface area (Å²) in [6.07, 6.45) is 3.26. The second kappa shape index (κ2) is 6.80. The fourth-order valence-electron chi connectivity index (χ4n) is 3.37. The number of aliphatic hydroxyl groups excluding tert-OH is 1. The molecule has 1 aliphatic carbocycles. The number of carbonyl (C=O) groups is 1. The number of carbonyl (C=O) groups excluding carboxylic acids is 1. The molecule has 1 aliphatic heterocycles. The smallest absolute Gasteiger partial charge is 0.163 e. The van der Waals surface area contributed by atoms with E-state index in [2.05, 4.69) is 11.8 Å². The lowest BCUT2D eigenvalue weighted by Crippen LogP contribution is -2.40. The van der Waals surface area contributed by atoms with Gasteiger partial charge in [-0.3, -0.25) is 4.79 Å². The zero-order valence-electron chi connectivity index (χ0n) is 13.3. The third-order valence-electron chi connectivity index (χ3n) is 4.81. The van der Waals surface area contributed by atoms with Crippen molar-refractivity contribution in [3.63, 3.8) is 0 Å². The van der Waals surface area contributed by atoms with Gasteiger partial charge in [0.25, 0.3) is 0 Å².